The molecule has 0 radical (unpaired) electrons. The van der Waals surface area contributed by atoms with Crippen molar-refractivity contribution in [2.45, 2.75) is 19.9 Å². The van der Waals surface area contributed by atoms with Crippen molar-refractivity contribution >= 4 is 51.2 Å². The van der Waals surface area contributed by atoms with Crippen LogP contribution in [0.2, 0.25) is 4.34 Å². The fourth-order valence-electron chi connectivity index (χ4n) is 1.66. The van der Waals surface area contributed by atoms with Crippen LogP contribution >= 0.6 is 45.5 Å². The van der Waals surface area contributed by atoms with E-state index >= 15 is 0 Å². The summed E-state index contributed by atoms with van der Waals surface area (Å²) in [6.45, 7) is 4.27. The summed E-state index contributed by atoms with van der Waals surface area (Å²) >= 11 is 9.85. The highest BCUT2D eigenvalue weighted by Gasteiger charge is 2.08. The van der Waals surface area contributed by atoms with Gasteiger partial charge < -0.3 is 5.32 Å². The van der Waals surface area contributed by atoms with Gasteiger partial charge in [-0.1, -0.05) is 11.6 Å². The number of hydrogen-bond acceptors (Lipinski definition) is 2. The predicted molar refractivity (Wildman–Crippen MR) is 85.3 cm³/mol. The smallest absolute Gasteiger partial charge is 0.0931 e. The number of benzene rings is 1. The molecule has 1 unspecified atom stereocenters. The quantitative estimate of drug-likeness (QED) is 0.698. The minimum Gasteiger partial charge on any atom is -0.378 e. The van der Waals surface area contributed by atoms with Crippen molar-refractivity contribution in [1.82, 2.24) is 0 Å². The average molecular weight is 378 g/mol. The summed E-state index contributed by atoms with van der Waals surface area (Å²) in [6, 6.07) is 8.71. The Labute approximate surface area is 124 Å². The molecular formula is C13H13ClINS. The van der Waals surface area contributed by atoms with E-state index in [0.717, 1.165) is 4.34 Å². The molecule has 0 bridgehead atoms. The van der Waals surface area contributed by atoms with E-state index in [2.05, 4.69) is 65.3 Å². The number of nitrogens with one attached hydrogen (secondary N) is 1. The molecule has 0 aliphatic heterocycles. The number of aryl methyl sites for hydroxylation is 1. The van der Waals surface area contributed by atoms with Gasteiger partial charge >= 0.3 is 0 Å². The molecule has 0 amide bonds. The minimum atomic E-state index is 0.275. The van der Waals surface area contributed by atoms with E-state index in [4.69, 9.17) is 11.6 Å². The first kappa shape index (κ1) is 13.2. The summed E-state index contributed by atoms with van der Waals surface area (Å²) in [6.07, 6.45) is 0. The minimum absolute atomic E-state index is 0.275. The third-order valence-electron chi connectivity index (χ3n) is 2.65. The summed E-state index contributed by atoms with van der Waals surface area (Å²) in [5, 5.41) is 5.61. The summed E-state index contributed by atoms with van der Waals surface area (Å²) in [7, 11) is 0. The zero-order valence-corrected chi connectivity index (χ0v) is 13.4. The number of thiophene rings is 1. The highest BCUT2D eigenvalue weighted by Crippen LogP contribution is 2.28. The van der Waals surface area contributed by atoms with Crippen LogP contribution < -0.4 is 5.32 Å². The largest absolute Gasteiger partial charge is 0.378 e. The third kappa shape index (κ3) is 3.36. The lowest BCUT2D eigenvalue weighted by atomic mass is 10.1. The highest BCUT2D eigenvalue weighted by atomic mass is 127. The van der Waals surface area contributed by atoms with Gasteiger partial charge in [-0.15, -0.1) is 11.3 Å². The van der Waals surface area contributed by atoms with E-state index in [1.807, 2.05) is 6.07 Å². The zero-order chi connectivity index (χ0) is 12.4. The van der Waals surface area contributed by atoms with E-state index in [1.54, 1.807) is 11.3 Å². The number of hydrogen-bond donors (Lipinski definition) is 1. The van der Waals surface area contributed by atoms with Gasteiger partial charge in [0, 0.05) is 15.3 Å². The van der Waals surface area contributed by atoms with Crippen molar-refractivity contribution in [2.24, 2.45) is 0 Å². The molecule has 1 nitrogen and oxygen atoms in total. The Morgan fingerprint density at radius 3 is 2.71 bits per heavy atom. The maximum Gasteiger partial charge on any atom is 0.0931 e. The van der Waals surface area contributed by atoms with Gasteiger partial charge in [0.05, 0.1) is 4.34 Å². The second-order valence-electron chi connectivity index (χ2n) is 4.01. The molecule has 1 heterocycles. The van der Waals surface area contributed by atoms with Crippen LogP contribution in [0, 0.1) is 10.5 Å². The Morgan fingerprint density at radius 2 is 2.12 bits per heavy atom. The molecule has 17 heavy (non-hydrogen) atoms. The lowest BCUT2D eigenvalue weighted by molar-refractivity contribution is 0.888. The molecule has 4 heteroatoms. The van der Waals surface area contributed by atoms with Crippen LogP contribution in [0.5, 0.6) is 0 Å². The van der Waals surface area contributed by atoms with E-state index < -0.39 is 0 Å². The normalized spacial score (nSPS) is 12.5. The summed E-state index contributed by atoms with van der Waals surface area (Å²) < 4.78 is 2.10. The molecule has 1 N–H and O–H groups in total. The van der Waals surface area contributed by atoms with Crippen LogP contribution in [0.25, 0.3) is 0 Å². The van der Waals surface area contributed by atoms with Crippen molar-refractivity contribution < 1.29 is 0 Å². The Hall–Kier alpha value is -0.260. The molecular weight excluding hydrogens is 365 g/mol. The summed E-state index contributed by atoms with van der Waals surface area (Å²) in [5.74, 6) is 0. The molecule has 0 spiro atoms. The van der Waals surface area contributed by atoms with E-state index in [9.17, 15) is 0 Å². The second-order valence-corrected chi connectivity index (χ2v) is 6.80. The molecule has 0 aliphatic carbocycles. The zero-order valence-electron chi connectivity index (χ0n) is 9.63. The van der Waals surface area contributed by atoms with Crippen LogP contribution in [-0.4, -0.2) is 0 Å². The first-order valence-corrected chi connectivity index (χ1v) is 7.66. The molecule has 90 valence electrons. The second kappa shape index (κ2) is 5.59. The van der Waals surface area contributed by atoms with E-state index in [1.165, 1.54) is 20.4 Å². The number of rotatable bonds is 3. The van der Waals surface area contributed by atoms with Gasteiger partial charge in [0.15, 0.2) is 0 Å². The monoisotopic (exact) mass is 377 g/mol. The average Bonchev–Trinajstić information content (AvgIpc) is 2.69. The van der Waals surface area contributed by atoms with Crippen LogP contribution in [0.4, 0.5) is 5.69 Å². The van der Waals surface area contributed by atoms with E-state index in [-0.39, 0.29) is 6.04 Å². The summed E-state index contributed by atoms with van der Waals surface area (Å²) in [5.41, 5.74) is 3.68. The Morgan fingerprint density at radius 1 is 1.35 bits per heavy atom. The van der Waals surface area contributed by atoms with Crippen LogP contribution in [0.15, 0.2) is 29.6 Å². The molecule has 1 aromatic heterocycles. The maximum absolute atomic E-state index is 5.95. The lowest BCUT2D eigenvalue weighted by Gasteiger charge is -2.16. The van der Waals surface area contributed by atoms with Gasteiger partial charge in [-0.25, -0.2) is 0 Å². The molecule has 1 atom stereocenters. The standard InChI is InChI=1S/C13H13ClINS/c1-8-5-11(15)3-4-12(8)16-9(2)10-6-13(14)17-7-10/h3-7,9,16H,1-2H3. The SMILES string of the molecule is Cc1cc(I)ccc1NC(C)c1csc(Cl)c1. The number of halogens is 2. The Balaban J connectivity index is 2.15. The Bertz CT molecular complexity index is 524. The van der Waals surface area contributed by atoms with Crippen molar-refractivity contribution in [3.8, 4) is 0 Å². The van der Waals surface area contributed by atoms with Gasteiger partial charge in [-0.05, 0) is 77.2 Å². The molecule has 2 aromatic rings. The van der Waals surface area contributed by atoms with Crippen LogP contribution in [0.1, 0.15) is 24.1 Å². The summed E-state index contributed by atoms with van der Waals surface area (Å²) in [4.78, 5) is 0. The highest BCUT2D eigenvalue weighted by molar-refractivity contribution is 14.1. The predicted octanol–water partition coefficient (Wildman–Crippen LogP) is 5.49. The maximum atomic E-state index is 5.95. The molecule has 0 saturated carbocycles. The van der Waals surface area contributed by atoms with Gasteiger partial charge in [0.2, 0.25) is 0 Å². The van der Waals surface area contributed by atoms with E-state index in [0.29, 0.717) is 0 Å². The van der Waals surface area contributed by atoms with Crippen molar-refractivity contribution in [2.75, 3.05) is 5.32 Å². The fourth-order valence-corrected chi connectivity index (χ4v) is 3.29. The first-order chi connectivity index (χ1) is 8.06. The van der Waals surface area contributed by atoms with Crippen LogP contribution in [0.3, 0.4) is 0 Å². The fraction of sp³-hybridized carbons (Fsp3) is 0.231. The van der Waals surface area contributed by atoms with Crippen LogP contribution in [-0.2, 0) is 0 Å². The van der Waals surface area contributed by atoms with Gasteiger partial charge in [-0.2, -0.15) is 0 Å². The van der Waals surface area contributed by atoms with Crippen molar-refractivity contribution in [3.63, 3.8) is 0 Å². The molecule has 0 aliphatic rings. The number of anilines is 1. The molecule has 1 aromatic carbocycles. The van der Waals surface area contributed by atoms with Crippen molar-refractivity contribution in [1.29, 1.82) is 0 Å². The van der Waals surface area contributed by atoms with Crippen molar-refractivity contribution in [3.05, 3.63) is 48.7 Å². The Kier molecular flexibility index (Phi) is 4.33. The molecule has 0 saturated heterocycles. The first-order valence-electron chi connectivity index (χ1n) is 5.33. The van der Waals surface area contributed by atoms with Gasteiger partial charge in [-0.3, -0.25) is 0 Å². The lowest BCUT2D eigenvalue weighted by Crippen LogP contribution is -2.06. The topological polar surface area (TPSA) is 12.0 Å². The van der Waals surface area contributed by atoms with Gasteiger partial charge in [0.25, 0.3) is 0 Å². The molecule has 0 fully saturated rings. The molecule has 2 rings (SSSR count). The third-order valence-corrected chi connectivity index (χ3v) is 4.43. The van der Waals surface area contributed by atoms with Gasteiger partial charge in [0.1, 0.15) is 0 Å².